The second-order valence-corrected chi connectivity index (χ2v) is 8.57. The van der Waals surface area contributed by atoms with Gasteiger partial charge in [0.05, 0.1) is 20.6 Å². The molecule has 0 fully saturated rings. The molecule has 0 radical (unpaired) electrons. The van der Waals surface area contributed by atoms with Gasteiger partial charge in [0.25, 0.3) is 0 Å². The summed E-state index contributed by atoms with van der Waals surface area (Å²) in [6.45, 7) is 1.35. The molecule has 0 aliphatic heterocycles. The van der Waals surface area contributed by atoms with Crippen LogP contribution in [0.3, 0.4) is 0 Å². The Balaban J connectivity index is 1.72. The predicted molar refractivity (Wildman–Crippen MR) is 138 cm³/mol. The van der Waals surface area contributed by atoms with Crippen LogP contribution >= 0.6 is 0 Å². The number of carboxylic acid groups (broad SMARTS) is 1. The molecule has 9 nitrogen and oxygen atoms in total. The molecular formula is C28H25F2N3O6. The molecule has 1 aliphatic carbocycles. The van der Waals surface area contributed by atoms with Crippen molar-refractivity contribution in [1.29, 1.82) is 0 Å². The van der Waals surface area contributed by atoms with Gasteiger partial charge in [-0.05, 0) is 64.6 Å². The van der Waals surface area contributed by atoms with Crippen LogP contribution in [-0.4, -0.2) is 47.8 Å². The molecule has 11 heteroatoms. The number of benzene rings is 1. The highest BCUT2D eigenvalue weighted by molar-refractivity contribution is 6.08. The molecule has 1 aliphatic rings. The van der Waals surface area contributed by atoms with Gasteiger partial charge in [-0.15, -0.1) is 0 Å². The van der Waals surface area contributed by atoms with Gasteiger partial charge in [-0.25, -0.2) is 4.79 Å². The summed E-state index contributed by atoms with van der Waals surface area (Å²) in [5, 5.41) is 11.8. The fourth-order valence-electron chi connectivity index (χ4n) is 4.30. The number of methoxy groups -OCH3 is 2. The molecule has 0 spiro atoms. The van der Waals surface area contributed by atoms with Crippen LogP contribution in [0.2, 0.25) is 0 Å². The molecule has 0 atom stereocenters. The van der Waals surface area contributed by atoms with E-state index in [1.165, 1.54) is 14.2 Å². The lowest BCUT2D eigenvalue weighted by molar-refractivity contribution is -0.139. The largest absolute Gasteiger partial charge is 0.493 e. The summed E-state index contributed by atoms with van der Waals surface area (Å²) in [6.07, 6.45) is 4.76. The summed E-state index contributed by atoms with van der Waals surface area (Å²) in [5.74, 6) is -3.06. The lowest BCUT2D eigenvalue weighted by Gasteiger charge is -2.15. The van der Waals surface area contributed by atoms with Crippen LogP contribution in [0.4, 0.5) is 8.78 Å². The van der Waals surface area contributed by atoms with Gasteiger partial charge in [-0.1, -0.05) is 6.07 Å². The molecule has 0 unspecified atom stereocenters. The highest BCUT2D eigenvalue weighted by Crippen LogP contribution is 2.46. The Bertz CT molecular complexity index is 1460. The first-order valence-electron chi connectivity index (χ1n) is 11.8. The molecule has 2 N–H and O–H groups in total. The van der Waals surface area contributed by atoms with Gasteiger partial charge in [0.2, 0.25) is 23.6 Å². The summed E-state index contributed by atoms with van der Waals surface area (Å²) in [5.41, 5.74) is 3.05. The Morgan fingerprint density at radius 2 is 1.85 bits per heavy atom. The second kappa shape index (κ2) is 11.7. The molecule has 3 aromatic rings. The maximum absolute atomic E-state index is 15.0. The third kappa shape index (κ3) is 6.03. The zero-order valence-electron chi connectivity index (χ0n) is 21.4. The van der Waals surface area contributed by atoms with Gasteiger partial charge in [0.1, 0.15) is 0 Å². The van der Waals surface area contributed by atoms with Crippen molar-refractivity contribution in [2.45, 2.75) is 19.9 Å². The third-order valence-corrected chi connectivity index (χ3v) is 6.08. The summed E-state index contributed by atoms with van der Waals surface area (Å²) >= 11 is 0. The molecule has 1 amide bonds. The Morgan fingerprint density at radius 3 is 2.46 bits per heavy atom. The molecule has 202 valence electrons. The molecule has 0 bridgehead atoms. The van der Waals surface area contributed by atoms with Crippen molar-refractivity contribution >= 4 is 29.1 Å². The number of carboxylic acids is 1. The SMILES string of the molecule is COc1cc(C=C2C(C)=C(CC(=O)NCc3cccnc3)c3c2cc(F)nc3F)cc(OC)c1OCC(=O)O. The third-order valence-electron chi connectivity index (χ3n) is 6.08. The molecule has 4 rings (SSSR count). The number of carbonyl (C=O) groups is 2. The zero-order valence-corrected chi connectivity index (χ0v) is 21.4. The number of rotatable bonds is 10. The van der Waals surface area contributed by atoms with Gasteiger partial charge < -0.3 is 24.6 Å². The number of halogens is 2. The second-order valence-electron chi connectivity index (χ2n) is 8.57. The normalized spacial score (nSPS) is 13.3. The number of aromatic nitrogens is 2. The fraction of sp³-hybridized carbons (Fsp3) is 0.214. The number of fused-ring (bicyclic) bond motifs is 1. The number of hydrogen-bond donors (Lipinski definition) is 2. The van der Waals surface area contributed by atoms with Gasteiger partial charge >= 0.3 is 5.97 Å². The van der Waals surface area contributed by atoms with E-state index in [1.807, 2.05) is 6.07 Å². The first-order chi connectivity index (χ1) is 18.7. The van der Waals surface area contributed by atoms with Gasteiger partial charge in [-0.3, -0.25) is 9.78 Å². The van der Waals surface area contributed by atoms with Crippen molar-refractivity contribution in [2.24, 2.45) is 0 Å². The minimum atomic E-state index is -1.18. The smallest absolute Gasteiger partial charge is 0.341 e. The number of allylic oxidation sites excluding steroid dienone is 2. The quantitative estimate of drug-likeness (QED) is 0.368. The molecule has 0 saturated carbocycles. The molecule has 0 saturated heterocycles. The number of ether oxygens (including phenoxy) is 3. The number of pyridine rings is 2. The van der Waals surface area contributed by atoms with Crippen molar-refractivity contribution in [3.63, 3.8) is 0 Å². The van der Waals surface area contributed by atoms with E-state index in [0.717, 1.165) is 11.6 Å². The van der Waals surface area contributed by atoms with E-state index in [4.69, 9.17) is 19.3 Å². The lowest BCUT2D eigenvalue weighted by atomic mass is 10.0. The van der Waals surface area contributed by atoms with Crippen LogP contribution in [-0.2, 0) is 16.1 Å². The van der Waals surface area contributed by atoms with E-state index in [1.54, 1.807) is 43.6 Å². The highest BCUT2D eigenvalue weighted by atomic mass is 19.1. The zero-order chi connectivity index (χ0) is 28.1. The minimum Gasteiger partial charge on any atom is -0.493 e. The van der Waals surface area contributed by atoms with Crippen molar-refractivity contribution in [2.75, 3.05) is 20.8 Å². The standard InChI is InChI=1S/C28H25F2N3O6/c1-15-18(7-17-8-21(37-2)27(22(9-17)38-3)39-14-25(35)36)20-10-23(29)33-28(30)26(20)19(15)11-24(34)32-13-16-5-4-6-31-12-16/h4-10,12H,11,13-14H2,1-3H3,(H,32,34)(H,35,36). The molecule has 2 aromatic heterocycles. The van der Waals surface area contributed by atoms with E-state index < -0.39 is 24.5 Å². The maximum Gasteiger partial charge on any atom is 0.341 e. The van der Waals surface area contributed by atoms with Crippen LogP contribution < -0.4 is 19.5 Å². The van der Waals surface area contributed by atoms with Crippen molar-refractivity contribution in [3.05, 3.63) is 82.4 Å². The van der Waals surface area contributed by atoms with Crippen LogP contribution in [0.1, 0.15) is 35.6 Å². The Morgan fingerprint density at radius 1 is 1.13 bits per heavy atom. The number of hydrogen-bond acceptors (Lipinski definition) is 7. The van der Waals surface area contributed by atoms with Gasteiger partial charge in [0, 0.05) is 30.6 Å². The Kier molecular flexibility index (Phi) is 8.18. The lowest BCUT2D eigenvalue weighted by Crippen LogP contribution is -2.23. The number of carbonyl (C=O) groups excluding carboxylic acids is 1. The summed E-state index contributed by atoms with van der Waals surface area (Å²) in [4.78, 5) is 31.1. The topological polar surface area (TPSA) is 120 Å². The fourth-order valence-corrected chi connectivity index (χ4v) is 4.30. The van der Waals surface area contributed by atoms with Gasteiger partial charge in [-0.2, -0.15) is 13.8 Å². The van der Waals surface area contributed by atoms with Crippen LogP contribution in [0.15, 0.2) is 48.3 Å². The molecule has 2 heterocycles. The van der Waals surface area contributed by atoms with E-state index in [0.29, 0.717) is 22.3 Å². The first kappa shape index (κ1) is 27.2. The van der Waals surface area contributed by atoms with Crippen LogP contribution in [0, 0.1) is 11.9 Å². The van der Waals surface area contributed by atoms with Gasteiger partial charge in [0.15, 0.2) is 18.1 Å². The maximum atomic E-state index is 15.0. The Labute approximate surface area is 222 Å². The summed E-state index contributed by atoms with van der Waals surface area (Å²) < 4.78 is 45.3. The summed E-state index contributed by atoms with van der Waals surface area (Å²) in [6, 6.07) is 7.84. The number of nitrogens with one attached hydrogen (secondary N) is 1. The first-order valence-corrected chi connectivity index (χ1v) is 11.8. The number of nitrogens with zero attached hydrogens (tertiary/aromatic N) is 2. The predicted octanol–water partition coefficient (Wildman–Crippen LogP) is 4.27. The average molecular weight is 538 g/mol. The number of amides is 1. The average Bonchev–Trinajstić information content (AvgIpc) is 3.16. The van der Waals surface area contributed by atoms with Crippen molar-refractivity contribution < 1.29 is 37.7 Å². The summed E-state index contributed by atoms with van der Waals surface area (Å²) in [7, 11) is 2.77. The van der Waals surface area contributed by atoms with E-state index in [2.05, 4.69) is 15.3 Å². The van der Waals surface area contributed by atoms with Crippen LogP contribution in [0.5, 0.6) is 17.2 Å². The monoisotopic (exact) mass is 537 g/mol. The van der Waals surface area contributed by atoms with Crippen LogP contribution in [0.25, 0.3) is 17.2 Å². The van der Waals surface area contributed by atoms with Crippen molar-refractivity contribution in [1.82, 2.24) is 15.3 Å². The molecule has 1 aromatic carbocycles. The number of aliphatic carboxylic acids is 1. The van der Waals surface area contributed by atoms with E-state index in [-0.39, 0.29) is 47.2 Å². The van der Waals surface area contributed by atoms with E-state index >= 15 is 0 Å². The molecule has 39 heavy (non-hydrogen) atoms. The molecular weight excluding hydrogens is 512 g/mol. The van der Waals surface area contributed by atoms with E-state index in [9.17, 15) is 18.4 Å². The Hall–Kier alpha value is -4.80. The minimum absolute atomic E-state index is 0.0528. The van der Waals surface area contributed by atoms with Crippen molar-refractivity contribution in [3.8, 4) is 17.2 Å². The highest BCUT2D eigenvalue weighted by Gasteiger charge is 2.30.